The number of aromatic nitrogens is 1. The molecule has 0 N–H and O–H groups in total. The standard InChI is InChI=1S/C14H12F2N2O/c1-2-18(12-8-4-3-6-10(12)15)14(19)11-7-5-9-13(16)17-11/h3-9H,2H2,1H3. The van der Waals surface area contributed by atoms with Crippen LogP contribution in [0.4, 0.5) is 14.5 Å². The van der Waals surface area contributed by atoms with E-state index >= 15 is 0 Å². The molecule has 2 aromatic rings. The lowest BCUT2D eigenvalue weighted by Gasteiger charge is -2.21. The number of para-hydroxylation sites is 1. The van der Waals surface area contributed by atoms with Gasteiger partial charge in [-0.2, -0.15) is 4.39 Å². The zero-order chi connectivity index (χ0) is 13.8. The van der Waals surface area contributed by atoms with E-state index in [0.29, 0.717) is 0 Å². The highest BCUT2D eigenvalue weighted by atomic mass is 19.1. The van der Waals surface area contributed by atoms with E-state index in [4.69, 9.17) is 0 Å². The largest absolute Gasteiger partial charge is 0.304 e. The van der Waals surface area contributed by atoms with Crippen LogP contribution in [-0.2, 0) is 0 Å². The molecule has 19 heavy (non-hydrogen) atoms. The quantitative estimate of drug-likeness (QED) is 0.796. The van der Waals surface area contributed by atoms with E-state index < -0.39 is 17.7 Å². The van der Waals surface area contributed by atoms with Crippen molar-refractivity contribution in [3.05, 3.63) is 59.9 Å². The summed E-state index contributed by atoms with van der Waals surface area (Å²) in [5.41, 5.74) is 0.103. The number of benzene rings is 1. The van der Waals surface area contributed by atoms with Crippen molar-refractivity contribution in [3.63, 3.8) is 0 Å². The molecule has 3 nitrogen and oxygen atoms in total. The van der Waals surface area contributed by atoms with E-state index in [1.807, 2.05) is 0 Å². The predicted molar refractivity (Wildman–Crippen MR) is 67.9 cm³/mol. The van der Waals surface area contributed by atoms with Gasteiger partial charge in [-0.05, 0) is 31.2 Å². The second-order valence-electron chi connectivity index (χ2n) is 3.85. The molecule has 0 saturated carbocycles. The topological polar surface area (TPSA) is 33.2 Å². The lowest BCUT2D eigenvalue weighted by atomic mass is 10.2. The van der Waals surface area contributed by atoms with Crippen LogP contribution in [0, 0.1) is 11.8 Å². The van der Waals surface area contributed by atoms with Crippen molar-refractivity contribution in [2.45, 2.75) is 6.92 Å². The number of hydrogen-bond acceptors (Lipinski definition) is 2. The van der Waals surface area contributed by atoms with Gasteiger partial charge in [0, 0.05) is 6.54 Å². The fourth-order valence-corrected chi connectivity index (χ4v) is 1.76. The monoisotopic (exact) mass is 262 g/mol. The van der Waals surface area contributed by atoms with Crippen LogP contribution in [0.1, 0.15) is 17.4 Å². The number of pyridine rings is 1. The number of anilines is 1. The summed E-state index contributed by atoms with van der Waals surface area (Å²) < 4.78 is 26.7. The Kier molecular flexibility index (Phi) is 3.85. The maximum absolute atomic E-state index is 13.7. The van der Waals surface area contributed by atoms with E-state index in [-0.39, 0.29) is 17.9 Å². The van der Waals surface area contributed by atoms with Gasteiger partial charge in [-0.25, -0.2) is 9.37 Å². The van der Waals surface area contributed by atoms with E-state index in [0.717, 1.165) is 6.07 Å². The number of carbonyl (C=O) groups is 1. The maximum Gasteiger partial charge on any atom is 0.277 e. The lowest BCUT2D eigenvalue weighted by molar-refractivity contribution is 0.0981. The van der Waals surface area contributed by atoms with Crippen molar-refractivity contribution in [1.82, 2.24) is 4.98 Å². The molecule has 0 atom stereocenters. The van der Waals surface area contributed by atoms with Crippen LogP contribution in [0.3, 0.4) is 0 Å². The Balaban J connectivity index is 2.38. The summed E-state index contributed by atoms with van der Waals surface area (Å²) in [7, 11) is 0. The Bertz CT molecular complexity index is 602. The first-order valence-electron chi connectivity index (χ1n) is 5.82. The van der Waals surface area contributed by atoms with Gasteiger partial charge in [0.15, 0.2) is 0 Å². The van der Waals surface area contributed by atoms with Gasteiger partial charge < -0.3 is 4.90 Å². The summed E-state index contributed by atoms with van der Waals surface area (Å²) in [6.45, 7) is 1.97. The van der Waals surface area contributed by atoms with Gasteiger partial charge in [0.2, 0.25) is 5.95 Å². The second kappa shape index (κ2) is 5.56. The summed E-state index contributed by atoms with van der Waals surface area (Å²) in [6.07, 6.45) is 0. The van der Waals surface area contributed by atoms with Gasteiger partial charge in [-0.3, -0.25) is 4.79 Å². The molecule has 0 radical (unpaired) electrons. The zero-order valence-corrected chi connectivity index (χ0v) is 10.3. The normalized spacial score (nSPS) is 10.3. The Morgan fingerprint density at radius 2 is 1.89 bits per heavy atom. The van der Waals surface area contributed by atoms with Crippen LogP contribution >= 0.6 is 0 Å². The van der Waals surface area contributed by atoms with E-state index in [9.17, 15) is 13.6 Å². The Morgan fingerprint density at radius 1 is 1.16 bits per heavy atom. The van der Waals surface area contributed by atoms with Gasteiger partial charge in [-0.15, -0.1) is 0 Å². The van der Waals surface area contributed by atoms with Crippen molar-refractivity contribution < 1.29 is 13.6 Å². The third-order valence-electron chi connectivity index (χ3n) is 2.64. The van der Waals surface area contributed by atoms with Crippen LogP contribution in [-0.4, -0.2) is 17.4 Å². The number of amides is 1. The third kappa shape index (κ3) is 2.76. The van der Waals surface area contributed by atoms with Gasteiger partial charge >= 0.3 is 0 Å². The number of nitrogens with zero attached hydrogens (tertiary/aromatic N) is 2. The molecule has 2 rings (SSSR count). The molecule has 0 unspecified atom stereocenters. The minimum atomic E-state index is -0.740. The first kappa shape index (κ1) is 13.1. The molecular formula is C14H12F2N2O. The Morgan fingerprint density at radius 3 is 2.53 bits per heavy atom. The Labute approximate surface area is 109 Å². The first-order valence-corrected chi connectivity index (χ1v) is 5.82. The van der Waals surface area contributed by atoms with Crippen molar-refractivity contribution in [2.24, 2.45) is 0 Å². The molecule has 0 spiro atoms. The number of hydrogen-bond donors (Lipinski definition) is 0. The average Bonchev–Trinajstić information content (AvgIpc) is 2.41. The highest BCUT2D eigenvalue weighted by Crippen LogP contribution is 2.20. The molecule has 1 aromatic carbocycles. The van der Waals surface area contributed by atoms with Crippen LogP contribution in [0.2, 0.25) is 0 Å². The van der Waals surface area contributed by atoms with Gasteiger partial charge in [-0.1, -0.05) is 18.2 Å². The minimum Gasteiger partial charge on any atom is -0.304 e. The first-order chi connectivity index (χ1) is 9.13. The van der Waals surface area contributed by atoms with Crippen molar-refractivity contribution in [1.29, 1.82) is 0 Å². The molecule has 1 aromatic heterocycles. The summed E-state index contributed by atoms with van der Waals surface area (Å²) in [4.78, 5) is 16.9. The molecule has 0 aliphatic rings. The third-order valence-corrected chi connectivity index (χ3v) is 2.64. The zero-order valence-electron chi connectivity index (χ0n) is 10.3. The van der Waals surface area contributed by atoms with E-state index in [1.54, 1.807) is 13.0 Å². The van der Waals surface area contributed by atoms with Crippen LogP contribution < -0.4 is 4.90 Å². The molecule has 0 saturated heterocycles. The fourth-order valence-electron chi connectivity index (χ4n) is 1.76. The van der Waals surface area contributed by atoms with E-state index in [2.05, 4.69) is 4.98 Å². The molecule has 1 amide bonds. The van der Waals surface area contributed by atoms with Crippen LogP contribution in [0.25, 0.3) is 0 Å². The highest BCUT2D eigenvalue weighted by molar-refractivity contribution is 6.04. The van der Waals surface area contributed by atoms with Gasteiger partial charge in [0.25, 0.3) is 5.91 Å². The summed E-state index contributed by atoms with van der Waals surface area (Å²) in [6, 6.07) is 9.88. The van der Waals surface area contributed by atoms with Crippen molar-refractivity contribution >= 4 is 11.6 Å². The van der Waals surface area contributed by atoms with Crippen molar-refractivity contribution in [2.75, 3.05) is 11.4 Å². The number of rotatable bonds is 3. The summed E-state index contributed by atoms with van der Waals surface area (Å²) >= 11 is 0. The SMILES string of the molecule is CCN(C(=O)c1cccc(F)n1)c1ccccc1F. The second-order valence-corrected chi connectivity index (χ2v) is 3.85. The average molecular weight is 262 g/mol. The molecule has 5 heteroatoms. The molecule has 0 aliphatic carbocycles. The van der Waals surface area contributed by atoms with Crippen LogP contribution in [0.15, 0.2) is 42.5 Å². The predicted octanol–water partition coefficient (Wildman–Crippen LogP) is 3.03. The summed E-state index contributed by atoms with van der Waals surface area (Å²) in [5.74, 6) is -1.78. The highest BCUT2D eigenvalue weighted by Gasteiger charge is 2.20. The molecule has 98 valence electrons. The lowest BCUT2D eigenvalue weighted by Crippen LogP contribution is -2.32. The number of halogens is 2. The molecule has 0 aliphatic heterocycles. The number of carbonyl (C=O) groups excluding carboxylic acids is 1. The smallest absolute Gasteiger partial charge is 0.277 e. The summed E-state index contributed by atoms with van der Waals surface area (Å²) in [5, 5.41) is 0. The van der Waals surface area contributed by atoms with Gasteiger partial charge in [0.1, 0.15) is 11.5 Å². The van der Waals surface area contributed by atoms with Gasteiger partial charge in [0.05, 0.1) is 5.69 Å². The molecule has 1 heterocycles. The molecule has 0 fully saturated rings. The van der Waals surface area contributed by atoms with E-state index in [1.165, 1.54) is 35.2 Å². The Hall–Kier alpha value is -2.30. The fraction of sp³-hybridized carbons (Fsp3) is 0.143. The van der Waals surface area contributed by atoms with Crippen LogP contribution in [0.5, 0.6) is 0 Å². The molecule has 0 bridgehead atoms. The van der Waals surface area contributed by atoms with Crippen molar-refractivity contribution in [3.8, 4) is 0 Å². The maximum atomic E-state index is 13.7. The minimum absolute atomic E-state index is 0.0508. The molecular weight excluding hydrogens is 250 g/mol.